The summed E-state index contributed by atoms with van der Waals surface area (Å²) in [5.41, 5.74) is 0.523. The van der Waals surface area contributed by atoms with Gasteiger partial charge in [0, 0.05) is 11.4 Å². The van der Waals surface area contributed by atoms with E-state index in [2.05, 4.69) is 10.2 Å². The molecule has 0 spiro atoms. The largest absolute Gasteiger partial charge is 0.383 e. The second kappa shape index (κ2) is 11.8. The van der Waals surface area contributed by atoms with Gasteiger partial charge in [0.1, 0.15) is 5.82 Å². The molecule has 2 aromatic rings. The van der Waals surface area contributed by atoms with Gasteiger partial charge in [0.05, 0.1) is 20.6 Å². The van der Waals surface area contributed by atoms with Crippen molar-refractivity contribution in [3.8, 4) is 0 Å². The van der Waals surface area contributed by atoms with Crippen LogP contribution in [0.5, 0.6) is 0 Å². The maximum atomic E-state index is 12.2. The molecule has 5 nitrogen and oxygen atoms in total. The predicted molar refractivity (Wildman–Crippen MR) is 118 cm³/mol. The summed E-state index contributed by atoms with van der Waals surface area (Å²) in [5, 5.41) is 8.59. The van der Waals surface area contributed by atoms with E-state index in [0.717, 1.165) is 17.9 Å². The first-order valence-electron chi connectivity index (χ1n) is 8.24. The Morgan fingerprint density at radius 1 is 1.14 bits per heavy atom. The van der Waals surface area contributed by atoms with Gasteiger partial charge in [-0.15, -0.1) is 11.8 Å². The minimum atomic E-state index is -3.80. The molecule has 0 aliphatic carbocycles. The highest BCUT2D eigenvalue weighted by Crippen LogP contribution is 2.33. The first-order valence-corrected chi connectivity index (χ1v) is 11.8. The number of hydrogen-bond donors (Lipinski definition) is 2. The molecule has 0 heterocycles. The summed E-state index contributed by atoms with van der Waals surface area (Å²) >= 11 is 13.6. The van der Waals surface area contributed by atoms with E-state index in [1.54, 1.807) is 23.9 Å². The number of nitrogens with zero attached hydrogens (tertiary/aromatic N) is 1. The molecule has 0 atom stereocenters. The molecule has 0 unspecified atom stereocenters. The lowest BCUT2D eigenvalue weighted by Gasteiger charge is -2.13. The summed E-state index contributed by atoms with van der Waals surface area (Å²) in [5.74, 6) is -0.173. The highest BCUT2D eigenvalue weighted by Gasteiger charge is 2.14. The van der Waals surface area contributed by atoms with Crippen molar-refractivity contribution in [3.05, 3.63) is 52.3 Å². The number of thioether (sulfide) groups is 1. The third-order valence-corrected chi connectivity index (χ3v) is 5.71. The number of halogens is 3. The Bertz CT molecular complexity index is 841. The van der Waals surface area contributed by atoms with Gasteiger partial charge in [-0.2, -0.15) is 0 Å². The topological polar surface area (TPSA) is 75.4 Å². The van der Waals surface area contributed by atoms with Crippen LogP contribution in [0.15, 0.2) is 46.2 Å². The smallest absolute Gasteiger partial charge is 0.238 e. The first-order chi connectivity index (χ1) is 13.0. The van der Waals surface area contributed by atoms with Crippen molar-refractivity contribution >= 4 is 50.7 Å². The van der Waals surface area contributed by atoms with E-state index < -0.39 is 10.0 Å². The van der Waals surface area contributed by atoms with Gasteiger partial charge in [0.15, 0.2) is 0 Å². The zero-order valence-electron chi connectivity index (χ0n) is 15.9. The number of nitrogens with one attached hydrogen (secondary N) is 1. The Balaban J connectivity index is 0.000000362. The highest BCUT2D eigenvalue weighted by molar-refractivity contribution is 7.98. The number of benzene rings is 2. The molecule has 0 saturated heterocycles. The fourth-order valence-electron chi connectivity index (χ4n) is 2.06. The van der Waals surface area contributed by atoms with Crippen molar-refractivity contribution in [1.82, 2.24) is 4.90 Å². The third kappa shape index (κ3) is 8.98. The summed E-state index contributed by atoms with van der Waals surface area (Å²) in [6.45, 7) is 1.61. The van der Waals surface area contributed by atoms with Crippen LogP contribution in [0.3, 0.4) is 0 Å². The molecule has 28 heavy (non-hydrogen) atoms. The molecule has 0 amide bonds. The summed E-state index contributed by atoms with van der Waals surface area (Å²) in [4.78, 5) is 3.06. The van der Waals surface area contributed by atoms with E-state index in [1.807, 2.05) is 20.4 Å². The number of nitrogens with two attached hydrogens (primary N) is 1. The second-order valence-corrected chi connectivity index (χ2v) is 9.30. The van der Waals surface area contributed by atoms with Gasteiger partial charge in [-0.1, -0.05) is 23.2 Å². The van der Waals surface area contributed by atoms with Gasteiger partial charge in [-0.3, -0.25) is 0 Å². The standard InChI is InChI=1S/C11H17Cl2N3O2S.C7H7FS/c1-16(2)5-3-4-15-11-9(12)6-8(7-10(11)13)19(14,17)18;1-9-7-4-2-6(8)3-5-7/h6-7,15H,3-5H2,1-2H3,(H2,14,17,18);2-5H,1H3. The molecular formula is C18H24Cl2FN3O2S2. The molecule has 2 aromatic carbocycles. The zero-order chi connectivity index (χ0) is 21.3. The third-order valence-electron chi connectivity index (χ3n) is 3.48. The van der Waals surface area contributed by atoms with Crippen LogP contribution < -0.4 is 10.5 Å². The first kappa shape index (κ1) is 25.0. The van der Waals surface area contributed by atoms with Crippen LogP contribution in [-0.4, -0.2) is 46.8 Å². The molecule has 0 aromatic heterocycles. The quantitative estimate of drug-likeness (QED) is 0.461. The fraction of sp³-hybridized carbons (Fsp3) is 0.333. The highest BCUT2D eigenvalue weighted by atomic mass is 35.5. The zero-order valence-corrected chi connectivity index (χ0v) is 19.0. The predicted octanol–water partition coefficient (Wildman–Crippen LogP) is 4.55. The van der Waals surface area contributed by atoms with E-state index in [1.165, 1.54) is 24.3 Å². The molecule has 0 saturated carbocycles. The van der Waals surface area contributed by atoms with Crippen molar-refractivity contribution < 1.29 is 12.8 Å². The van der Waals surface area contributed by atoms with E-state index in [-0.39, 0.29) is 20.8 Å². The average Bonchev–Trinajstić information content (AvgIpc) is 2.60. The Kier molecular flexibility index (Phi) is 10.6. The van der Waals surface area contributed by atoms with Crippen LogP contribution in [0.25, 0.3) is 0 Å². The SMILES string of the molecule is CN(C)CCCNc1c(Cl)cc(S(N)(=O)=O)cc1Cl.CSc1ccc(F)cc1. The van der Waals surface area contributed by atoms with Crippen LogP contribution in [0.2, 0.25) is 10.0 Å². The summed E-state index contributed by atoms with van der Waals surface area (Å²) in [6, 6.07) is 9.03. The number of sulfonamides is 1. The Labute approximate surface area is 180 Å². The molecule has 3 N–H and O–H groups in total. The van der Waals surface area contributed by atoms with Crippen molar-refractivity contribution in [1.29, 1.82) is 0 Å². The maximum absolute atomic E-state index is 12.2. The second-order valence-electron chi connectivity index (χ2n) is 6.05. The van der Waals surface area contributed by atoms with Crippen molar-refractivity contribution in [2.45, 2.75) is 16.2 Å². The van der Waals surface area contributed by atoms with Crippen LogP contribution in [-0.2, 0) is 10.0 Å². The summed E-state index contributed by atoms with van der Waals surface area (Å²) in [6.07, 6.45) is 2.88. The molecule has 2 rings (SSSR count). The minimum absolute atomic E-state index is 0.0960. The summed E-state index contributed by atoms with van der Waals surface area (Å²) < 4.78 is 34.7. The monoisotopic (exact) mass is 467 g/mol. The average molecular weight is 468 g/mol. The van der Waals surface area contributed by atoms with Gasteiger partial charge in [-0.05, 0) is 69.7 Å². The van der Waals surface area contributed by atoms with E-state index in [4.69, 9.17) is 28.3 Å². The molecule has 0 fully saturated rings. The van der Waals surface area contributed by atoms with Gasteiger partial charge in [0.2, 0.25) is 10.0 Å². The molecular weight excluding hydrogens is 444 g/mol. The van der Waals surface area contributed by atoms with E-state index in [9.17, 15) is 12.8 Å². The molecule has 0 aliphatic heterocycles. The Morgan fingerprint density at radius 3 is 2.11 bits per heavy atom. The fourth-order valence-corrected chi connectivity index (χ4v) is 3.78. The van der Waals surface area contributed by atoms with Crippen LogP contribution in [0.1, 0.15) is 6.42 Å². The molecule has 0 radical (unpaired) electrons. The van der Waals surface area contributed by atoms with Crippen LogP contribution in [0, 0.1) is 5.82 Å². The molecule has 0 aliphatic rings. The Hall–Kier alpha value is -1.03. The number of anilines is 1. The number of rotatable bonds is 7. The lowest BCUT2D eigenvalue weighted by atomic mass is 10.3. The number of primary sulfonamides is 1. The van der Waals surface area contributed by atoms with E-state index in [0.29, 0.717) is 12.2 Å². The van der Waals surface area contributed by atoms with Gasteiger partial charge >= 0.3 is 0 Å². The minimum Gasteiger partial charge on any atom is -0.383 e. The maximum Gasteiger partial charge on any atom is 0.238 e. The van der Waals surface area contributed by atoms with Gasteiger partial charge in [0.25, 0.3) is 0 Å². The molecule has 10 heteroatoms. The van der Waals surface area contributed by atoms with Crippen LogP contribution in [0.4, 0.5) is 10.1 Å². The lowest BCUT2D eigenvalue weighted by molar-refractivity contribution is 0.405. The van der Waals surface area contributed by atoms with Crippen LogP contribution >= 0.6 is 35.0 Å². The van der Waals surface area contributed by atoms with Gasteiger partial charge in [-0.25, -0.2) is 17.9 Å². The lowest BCUT2D eigenvalue weighted by Crippen LogP contribution is -2.17. The number of hydrogen-bond acceptors (Lipinski definition) is 5. The van der Waals surface area contributed by atoms with Crippen molar-refractivity contribution in [2.24, 2.45) is 5.14 Å². The van der Waals surface area contributed by atoms with Gasteiger partial charge < -0.3 is 10.2 Å². The summed E-state index contributed by atoms with van der Waals surface area (Å²) in [7, 11) is 0.170. The van der Waals surface area contributed by atoms with Crippen molar-refractivity contribution in [3.63, 3.8) is 0 Å². The van der Waals surface area contributed by atoms with E-state index >= 15 is 0 Å². The normalized spacial score (nSPS) is 11.1. The molecule has 0 bridgehead atoms. The Morgan fingerprint density at radius 2 is 1.68 bits per heavy atom. The van der Waals surface area contributed by atoms with Crippen molar-refractivity contribution in [2.75, 3.05) is 38.8 Å². The molecule has 156 valence electrons.